The Morgan fingerprint density at radius 3 is 2.80 bits per heavy atom. The lowest BCUT2D eigenvalue weighted by Gasteiger charge is -2.29. The van der Waals surface area contributed by atoms with Crippen LogP contribution in [0.3, 0.4) is 0 Å². The highest BCUT2D eigenvalue weighted by atomic mass is 16.5. The minimum Gasteiger partial charge on any atom is -0.398 e. The molecule has 3 N–H and O–H groups in total. The monoisotopic (exact) mass is 210 g/mol. The summed E-state index contributed by atoms with van der Waals surface area (Å²) in [5.74, 6) is 0. The lowest BCUT2D eigenvalue weighted by atomic mass is 9.95. The van der Waals surface area contributed by atoms with Gasteiger partial charge in [-0.1, -0.05) is 0 Å². The molecule has 0 aliphatic carbocycles. The quantitative estimate of drug-likeness (QED) is 0.777. The second-order valence-corrected chi connectivity index (χ2v) is 4.10. The number of rotatable bonds is 4. The van der Waals surface area contributed by atoms with Gasteiger partial charge in [0.2, 0.25) is 0 Å². The van der Waals surface area contributed by atoms with Crippen molar-refractivity contribution in [3.8, 4) is 0 Å². The Kier molecular flexibility index (Phi) is 3.66. The summed E-state index contributed by atoms with van der Waals surface area (Å²) in [7, 11) is 1.58. The van der Waals surface area contributed by atoms with Gasteiger partial charge in [0.25, 0.3) is 0 Å². The van der Waals surface area contributed by atoms with Gasteiger partial charge < -0.3 is 15.6 Å². The van der Waals surface area contributed by atoms with Crippen molar-refractivity contribution in [3.05, 3.63) is 24.0 Å². The average molecular weight is 210 g/mol. The van der Waals surface area contributed by atoms with Crippen molar-refractivity contribution in [2.45, 2.75) is 32.0 Å². The van der Waals surface area contributed by atoms with E-state index in [-0.39, 0.29) is 0 Å². The molecule has 1 unspecified atom stereocenters. The number of anilines is 1. The number of hydrogen-bond acceptors (Lipinski definition) is 4. The molecule has 1 rings (SSSR count). The van der Waals surface area contributed by atoms with Crippen LogP contribution in [0.15, 0.2) is 18.5 Å². The average Bonchev–Trinajstić information content (AvgIpc) is 2.21. The van der Waals surface area contributed by atoms with Crippen molar-refractivity contribution in [2.24, 2.45) is 0 Å². The highest BCUT2D eigenvalue weighted by Crippen LogP contribution is 2.20. The van der Waals surface area contributed by atoms with Crippen LogP contribution in [0.1, 0.15) is 19.4 Å². The zero-order valence-electron chi connectivity index (χ0n) is 9.40. The molecule has 0 aromatic carbocycles. The number of aromatic nitrogens is 1. The van der Waals surface area contributed by atoms with Crippen molar-refractivity contribution >= 4 is 5.69 Å². The summed E-state index contributed by atoms with van der Waals surface area (Å²) in [6.45, 7) is 3.68. The van der Waals surface area contributed by atoms with Crippen LogP contribution in [0.25, 0.3) is 0 Å². The van der Waals surface area contributed by atoms with Crippen LogP contribution in [0, 0.1) is 0 Å². The van der Waals surface area contributed by atoms with E-state index in [0.29, 0.717) is 12.1 Å². The van der Waals surface area contributed by atoms with Crippen LogP contribution in [0.4, 0.5) is 5.69 Å². The van der Waals surface area contributed by atoms with E-state index < -0.39 is 11.7 Å². The first-order chi connectivity index (χ1) is 6.97. The number of aliphatic hydroxyl groups is 1. The molecule has 0 saturated carbocycles. The van der Waals surface area contributed by atoms with Crippen LogP contribution >= 0.6 is 0 Å². The van der Waals surface area contributed by atoms with Gasteiger partial charge in [-0.05, 0) is 25.5 Å². The van der Waals surface area contributed by atoms with Crippen molar-refractivity contribution < 1.29 is 9.84 Å². The molecule has 0 aliphatic heterocycles. The minimum absolute atomic E-state index is 0.445. The van der Waals surface area contributed by atoms with E-state index in [0.717, 1.165) is 5.56 Å². The number of methoxy groups -OCH3 is 1. The Hall–Kier alpha value is -1.13. The molecule has 0 bridgehead atoms. The fraction of sp³-hybridized carbons (Fsp3) is 0.545. The van der Waals surface area contributed by atoms with Gasteiger partial charge in [-0.2, -0.15) is 0 Å². The molecule has 0 saturated heterocycles. The topological polar surface area (TPSA) is 68.4 Å². The Balaban J connectivity index is 2.75. The highest BCUT2D eigenvalue weighted by molar-refractivity contribution is 5.44. The molecule has 0 radical (unpaired) electrons. The molecule has 0 aliphatic rings. The number of aliphatic hydroxyl groups excluding tert-OH is 1. The van der Waals surface area contributed by atoms with E-state index in [4.69, 9.17) is 10.5 Å². The summed E-state index contributed by atoms with van der Waals surface area (Å²) >= 11 is 0. The molecule has 0 fully saturated rings. The standard InChI is InChI=1S/C11H18N2O2/c1-11(2,15-3)10(14)6-8-7-13-5-4-9(8)12/h4-5,7,10,14H,6H2,1-3H3,(H2,12,13). The summed E-state index contributed by atoms with van der Waals surface area (Å²) in [5, 5.41) is 9.95. The fourth-order valence-corrected chi connectivity index (χ4v) is 1.20. The molecule has 4 nitrogen and oxygen atoms in total. The summed E-state index contributed by atoms with van der Waals surface area (Å²) in [5.41, 5.74) is 6.67. The van der Waals surface area contributed by atoms with Crippen molar-refractivity contribution in [1.82, 2.24) is 4.98 Å². The Labute approximate surface area is 90.1 Å². The van der Waals surface area contributed by atoms with E-state index in [1.807, 2.05) is 13.8 Å². The normalized spacial score (nSPS) is 13.9. The third kappa shape index (κ3) is 2.91. The van der Waals surface area contributed by atoms with Gasteiger partial charge in [0.15, 0.2) is 0 Å². The largest absolute Gasteiger partial charge is 0.398 e. The molecule has 1 aromatic heterocycles. The van der Waals surface area contributed by atoms with E-state index in [1.165, 1.54) is 0 Å². The maximum Gasteiger partial charge on any atom is 0.0883 e. The molecular weight excluding hydrogens is 192 g/mol. The van der Waals surface area contributed by atoms with Gasteiger partial charge in [0.1, 0.15) is 0 Å². The van der Waals surface area contributed by atoms with E-state index in [9.17, 15) is 5.11 Å². The lowest BCUT2D eigenvalue weighted by molar-refractivity contribution is -0.0764. The first kappa shape index (κ1) is 11.9. The van der Waals surface area contributed by atoms with Gasteiger partial charge in [-0.15, -0.1) is 0 Å². The molecule has 1 aromatic rings. The summed E-state index contributed by atoms with van der Waals surface area (Å²) in [4.78, 5) is 3.97. The maximum atomic E-state index is 9.95. The van der Waals surface area contributed by atoms with Crippen molar-refractivity contribution in [1.29, 1.82) is 0 Å². The first-order valence-electron chi connectivity index (χ1n) is 4.89. The molecule has 0 spiro atoms. The number of pyridine rings is 1. The number of ether oxygens (including phenoxy) is 1. The van der Waals surface area contributed by atoms with Crippen LogP contribution < -0.4 is 5.73 Å². The predicted molar refractivity (Wildman–Crippen MR) is 59.4 cm³/mol. The fourth-order valence-electron chi connectivity index (χ4n) is 1.20. The van der Waals surface area contributed by atoms with Crippen LogP contribution in [0.5, 0.6) is 0 Å². The SMILES string of the molecule is COC(C)(C)C(O)Cc1cnccc1N. The van der Waals surface area contributed by atoms with Crippen molar-refractivity contribution in [2.75, 3.05) is 12.8 Å². The molecule has 84 valence electrons. The molecule has 1 atom stereocenters. The molecule has 1 heterocycles. The number of nitrogens with two attached hydrogens (primary N) is 1. The molecule has 4 heteroatoms. The van der Waals surface area contributed by atoms with Gasteiger partial charge in [0, 0.05) is 31.6 Å². The van der Waals surface area contributed by atoms with Crippen LogP contribution in [-0.4, -0.2) is 28.9 Å². The summed E-state index contributed by atoms with van der Waals surface area (Å²) in [6, 6.07) is 1.72. The van der Waals surface area contributed by atoms with Crippen LogP contribution in [-0.2, 0) is 11.2 Å². The second kappa shape index (κ2) is 4.59. The van der Waals surface area contributed by atoms with Gasteiger partial charge in [0.05, 0.1) is 11.7 Å². The van der Waals surface area contributed by atoms with Crippen molar-refractivity contribution in [3.63, 3.8) is 0 Å². The molecular formula is C11H18N2O2. The van der Waals surface area contributed by atoms with Gasteiger partial charge in [-0.3, -0.25) is 4.98 Å². The third-order valence-corrected chi connectivity index (χ3v) is 2.68. The second-order valence-electron chi connectivity index (χ2n) is 4.10. The van der Waals surface area contributed by atoms with Gasteiger partial charge >= 0.3 is 0 Å². The van der Waals surface area contributed by atoms with E-state index >= 15 is 0 Å². The summed E-state index contributed by atoms with van der Waals surface area (Å²) < 4.78 is 5.20. The number of nitrogen functional groups attached to an aromatic ring is 1. The lowest BCUT2D eigenvalue weighted by Crippen LogP contribution is -2.39. The maximum absolute atomic E-state index is 9.95. The Bertz CT molecular complexity index is 326. The number of nitrogens with zero attached hydrogens (tertiary/aromatic N) is 1. The van der Waals surface area contributed by atoms with E-state index in [2.05, 4.69) is 4.98 Å². The summed E-state index contributed by atoms with van der Waals surface area (Å²) in [6.07, 6.45) is 3.14. The van der Waals surface area contributed by atoms with Gasteiger partial charge in [-0.25, -0.2) is 0 Å². The third-order valence-electron chi connectivity index (χ3n) is 2.68. The van der Waals surface area contributed by atoms with E-state index in [1.54, 1.807) is 25.6 Å². The first-order valence-corrected chi connectivity index (χ1v) is 4.89. The minimum atomic E-state index is -0.603. The van der Waals surface area contributed by atoms with Crippen LogP contribution in [0.2, 0.25) is 0 Å². The highest BCUT2D eigenvalue weighted by Gasteiger charge is 2.27. The smallest absolute Gasteiger partial charge is 0.0883 e. The molecule has 0 amide bonds. The predicted octanol–water partition coefficient (Wildman–Crippen LogP) is 0.992. The molecule has 15 heavy (non-hydrogen) atoms. The Morgan fingerprint density at radius 1 is 1.60 bits per heavy atom. The zero-order chi connectivity index (χ0) is 11.5. The number of hydrogen-bond donors (Lipinski definition) is 2. The zero-order valence-corrected chi connectivity index (χ0v) is 9.40. The Morgan fingerprint density at radius 2 is 2.27 bits per heavy atom.